The zero-order valence-corrected chi connectivity index (χ0v) is 12.1. The van der Waals surface area contributed by atoms with Crippen LogP contribution in [0.5, 0.6) is 0 Å². The van der Waals surface area contributed by atoms with Crippen LogP contribution in [0.1, 0.15) is 26.2 Å². The fourth-order valence-corrected chi connectivity index (χ4v) is 2.80. The molecule has 0 aromatic carbocycles. The summed E-state index contributed by atoms with van der Waals surface area (Å²) in [4.78, 5) is 2.57. The molecular weight excluding hydrogens is 232 g/mol. The second kappa shape index (κ2) is 11.3. The number of nitrogens with one attached hydrogen (secondary N) is 1. The molecule has 1 rings (SSSR count). The number of thioether (sulfide) groups is 1. The molecule has 0 atom stereocenters. The summed E-state index contributed by atoms with van der Waals surface area (Å²) >= 11 is 2.09. The third-order valence-corrected chi connectivity index (χ3v) is 4.03. The third-order valence-electron chi connectivity index (χ3n) is 2.99. The van der Waals surface area contributed by atoms with Crippen LogP contribution in [0.3, 0.4) is 0 Å². The number of unbranched alkanes of at least 4 members (excludes halogenated alkanes) is 1. The average molecular weight is 260 g/mol. The van der Waals surface area contributed by atoms with Gasteiger partial charge in [0.25, 0.3) is 0 Å². The van der Waals surface area contributed by atoms with E-state index in [-0.39, 0.29) is 0 Å². The quantitative estimate of drug-likeness (QED) is 0.639. The first kappa shape index (κ1) is 15.3. The van der Waals surface area contributed by atoms with E-state index >= 15 is 0 Å². The van der Waals surface area contributed by atoms with E-state index in [4.69, 9.17) is 4.74 Å². The van der Waals surface area contributed by atoms with Gasteiger partial charge in [0.1, 0.15) is 0 Å². The standard InChI is InChI=1S/C13H28N2OS/c1-2-3-10-16-11-6-14-5-8-15-7-4-12-17-13-9-15/h14H,2-13H2,1H3. The van der Waals surface area contributed by atoms with Gasteiger partial charge >= 0.3 is 0 Å². The van der Waals surface area contributed by atoms with Crippen molar-refractivity contribution >= 4 is 11.8 Å². The molecule has 1 N–H and O–H groups in total. The van der Waals surface area contributed by atoms with Gasteiger partial charge in [0, 0.05) is 38.5 Å². The molecule has 1 heterocycles. The summed E-state index contributed by atoms with van der Waals surface area (Å²) in [6, 6.07) is 0. The predicted molar refractivity (Wildman–Crippen MR) is 77.0 cm³/mol. The minimum absolute atomic E-state index is 0.857. The molecule has 1 aliphatic heterocycles. The molecule has 0 spiro atoms. The van der Waals surface area contributed by atoms with E-state index in [9.17, 15) is 0 Å². The summed E-state index contributed by atoms with van der Waals surface area (Å²) in [7, 11) is 0. The monoisotopic (exact) mass is 260 g/mol. The van der Waals surface area contributed by atoms with Crippen LogP contribution in [0.4, 0.5) is 0 Å². The minimum atomic E-state index is 0.857. The van der Waals surface area contributed by atoms with Crippen LogP contribution in [-0.4, -0.2) is 62.3 Å². The van der Waals surface area contributed by atoms with E-state index in [0.717, 1.165) is 26.3 Å². The summed E-state index contributed by atoms with van der Waals surface area (Å²) in [5, 5.41) is 3.46. The van der Waals surface area contributed by atoms with E-state index in [1.807, 2.05) is 0 Å². The molecule has 0 amide bonds. The van der Waals surface area contributed by atoms with Crippen LogP contribution < -0.4 is 5.32 Å². The van der Waals surface area contributed by atoms with Gasteiger partial charge in [-0.2, -0.15) is 11.8 Å². The number of ether oxygens (including phenoxy) is 1. The molecule has 17 heavy (non-hydrogen) atoms. The zero-order valence-electron chi connectivity index (χ0n) is 11.2. The van der Waals surface area contributed by atoms with Crippen molar-refractivity contribution in [1.82, 2.24) is 10.2 Å². The molecule has 0 saturated carbocycles. The molecule has 0 unspecified atom stereocenters. The average Bonchev–Trinajstić information content (AvgIpc) is 2.61. The molecule has 0 radical (unpaired) electrons. The lowest BCUT2D eigenvalue weighted by molar-refractivity contribution is 0.132. The lowest BCUT2D eigenvalue weighted by Crippen LogP contribution is -2.34. The van der Waals surface area contributed by atoms with Crippen LogP contribution in [0.2, 0.25) is 0 Å². The fraction of sp³-hybridized carbons (Fsp3) is 1.00. The first-order chi connectivity index (χ1) is 8.43. The predicted octanol–water partition coefficient (Wildman–Crippen LogP) is 1.83. The van der Waals surface area contributed by atoms with Gasteiger partial charge in [-0.25, -0.2) is 0 Å². The fourth-order valence-electron chi connectivity index (χ4n) is 1.88. The highest BCUT2D eigenvalue weighted by Crippen LogP contribution is 2.08. The van der Waals surface area contributed by atoms with Crippen molar-refractivity contribution in [1.29, 1.82) is 0 Å². The van der Waals surface area contributed by atoms with Crippen molar-refractivity contribution in [3.8, 4) is 0 Å². The summed E-state index contributed by atoms with van der Waals surface area (Å²) in [5.74, 6) is 2.65. The van der Waals surface area contributed by atoms with E-state index in [1.165, 1.54) is 50.4 Å². The lowest BCUT2D eigenvalue weighted by Gasteiger charge is -2.19. The summed E-state index contributed by atoms with van der Waals surface area (Å²) < 4.78 is 5.51. The third kappa shape index (κ3) is 8.89. The van der Waals surface area contributed by atoms with Gasteiger partial charge in [-0.3, -0.25) is 0 Å². The molecular formula is C13H28N2OS. The highest BCUT2D eigenvalue weighted by atomic mass is 32.2. The van der Waals surface area contributed by atoms with Crippen molar-refractivity contribution in [3.05, 3.63) is 0 Å². The van der Waals surface area contributed by atoms with Gasteiger partial charge < -0.3 is 15.0 Å². The summed E-state index contributed by atoms with van der Waals surface area (Å²) in [5.41, 5.74) is 0. The van der Waals surface area contributed by atoms with E-state index < -0.39 is 0 Å². The van der Waals surface area contributed by atoms with E-state index in [2.05, 4.69) is 28.9 Å². The Balaban J connectivity index is 1.82. The van der Waals surface area contributed by atoms with Crippen molar-refractivity contribution in [3.63, 3.8) is 0 Å². The SMILES string of the molecule is CCCCOCCNCCN1CCCSCC1. The largest absolute Gasteiger partial charge is 0.380 e. The topological polar surface area (TPSA) is 24.5 Å². The number of hydrogen-bond acceptors (Lipinski definition) is 4. The molecule has 0 bridgehead atoms. The molecule has 1 saturated heterocycles. The molecule has 0 aromatic rings. The molecule has 1 fully saturated rings. The van der Waals surface area contributed by atoms with Crippen LogP contribution in [0.15, 0.2) is 0 Å². The Hall–Kier alpha value is 0.230. The lowest BCUT2D eigenvalue weighted by atomic mass is 10.4. The first-order valence-corrected chi connectivity index (χ1v) is 8.17. The molecule has 4 heteroatoms. The maximum atomic E-state index is 5.51. The molecule has 1 aliphatic rings. The molecule has 0 aliphatic carbocycles. The Bertz CT molecular complexity index is 161. The first-order valence-electron chi connectivity index (χ1n) is 7.02. The number of rotatable bonds is 9. The second-order valence-electron chi connectivity index (χ2n) is 4.52. The van der Waals surface area contributed by atoms with Crippen LogP contribution in [0, 0.1) is 0 Å². The van der Waals surface area contributed by atoms with Gasteiger partial charge in [-0.05, 0) is 25.1 Å². The zero-order chi connectivity index (χ0) is 12.2. The highest BCUT2D eigenvalue weighted by Gasteiger charge is 2.07. The minimum Gasteiger partial charge on any atom is -0.380 e. The maximum absolute atomic E-state index is 5.51. The Labute approximate surface area is 111 Å². The summed E-state index contributed by atoms with van der Waals surface area (Å²) in [6.07, 6.45) is 3.76. The molecule has 102 valence electrons. The highest BCUT2D eigenvalue weighted by molar-refractivity contribution is 7.99. The molecule has 3 nitrogen and oxygen atoms in total. The number of nitrogens with zero attached hydrogens (tertiary/aromatic N) is 1. The molecule has 0 aromatic heterocycles. The van der Waals surface area contributed by atoms with Gasteiger partial charge in [-0.15, -0.1) is 0 Å². The Kier molecular flexibility index (Phi) is 10.2. The number of hydrogen-bond donors (Lipinski definition) is 1. The maximum Gasteiger partial charge on any atom is 0.0590 e. The summed E-state index contributed by atoms with van der Waals surface area (Å²) in [6.45, 7) is 9.79. The van der Waals surface area contributed by atoms with Crippen LogP contribution in [0.25, 0.3) is 0 Å². The van der Waals surface area contributed by atoms with Crippen molar-refractivity contribution in [2.75, 3.05) is 57.4 Å². The smallest absolute Gasteiger partial charge is 0.0590 e. The normalized spacial score (nSPS) is 18.2. The van der Waals surface area contributed by atoms with Gasteiger partial charge in [0.15, 0.2) is 0 Å². The van der Waals surface area contributed by atoms with Gasteiger partial charge in [-0.1, -0.05) is 13.3 Å². The second-order valence-corrected chi connectivity index (χ2v) is 5.75. The van der Waals surface area contributed by atoms with Crippen LogP contribution in [-0.2, 0) is 4.74 Å². The van der Waals surface area contributed by atoms with Crippen LogP contribution >= 0.6 is 11.8 Å². The van der Waals surface area contributed by atoms with Crippen molar-refractivity contribution in [2.24, 2.45) is 0 Å². The Morgan fingerprint density at radius 2 is 2.12 bits per heavy atom. The van der Waals surface area contributed by atoms with Gasteiger partial charge in [0.05, 0.1) is 6.61 Å². The van der Waals surface area contributed by atoms with Gasteiger partial charge in [0.2, 0.25) is 0 Å². The van der Waals surface area contributed by atoms with E-state index in [0.29, 0.717) is 0 Å². The van der Waals surface area contributed by atoms with Crippen molar-refractivity contribution < 1.29 is 4.74 Å². The van der Waals surface area contributed by atoms with Crippen molar-refractivity contribution in [2.45, 2.75) is 26.2 Å². The van der Waals surface area contributed by atoms with E-state index in [1.54, 1.807) is 0 Å². The Morgan fingerprint density at radius 1 is 1.18 bits per heavy atom. The Morgan fingerprint density at radius 3 is 3.00 bits per heavy atom.